The summed E-state index contributed by atoms with van der Waals surface area (Å²) < 4.78 is 0. The minimum atomic E-state index is 0.118. The Labute approximate surface area is 56.5 Å². The van der Waals surface area contributed by atoms with Gasteiger partial charge in [0.25, 0.3) is 0 Å². The maximum atomic E-state index is 5.12. The van der Waals surface area contributed by atoms with Gasteiger partial charge in [-0.25, -0.2) is 0 Å². The summed E-state index contributed by atoms with van der Waals surface area (Å²) in [6.07, 6.45) is 0. The summed E-state index contributed by atoms with van der Waals surface area (Å²) >= 11 is 0. The molecule has 0 aromatic rings. The second kappa shape index (κ2) is 1.70. The average Bonchev–Trinajstić information content (AvgIpc) is 1.81. The quantitative estimate of drug-likeness (QED) is 0.532. The Hall–Kier alpha value is -0.0800. The molecule has 0 spiro atoms. The van der Waals surface area contributed by atoms with Crippen LogP contribution in [0, 0.1) is 5.41 Å². The highest BCUT2D eigenvalue weighted by Gasteiger charge is 2.42. The topological polar surface area (TPSA) is 21.3 Å². The van der Waals surface area contributed by atoms with E-state index in [2.05, 4.69) is 33.2 Å². The molecule has 0 aromatic heterocycles. The van der Waals surface area contributed by atoms with E-state index < -0.39 is 0 Å². The van der Waals surface area contributed by atoms with Crippen molar-refractivity contribution in [1.82, 2.24) is 5.48 Å². The van der Waals surface area contributed by atoms with E-state index in [1.54, 1.807) is 0 Å². The van der Waals surface area contributed by atoms with Crippen molar-refractivity contribution in [2.75, 3.05) is 6.61 Å². The molecule has 1 aliphatic rings. The Morgan fingerprint density at radius 3 is 1.89 bits per heavy atom. The minimum Gasteiger partial charge on any atom is -0.301 e. The van der Waals surface area contributed by atoms with E-state index in [0.29, 0.717) is 0 Å². The fraction of sp³-hybridized carbons (Fsp3) is 1.00. The Bertz CT molecular complexity index is 104. The van der Waals surface area contributed by atoms with Crippen LogP contribution >= 0.6 is 0 Å². The van der Waals surface area contributed by atoms with Crippen molar-refractivity contribution >= 4 is 0 Å². The number of hydrogen-bond acceptors (Lipinski definition) is 2. The smallest absolute Gasteiger partial charge is 0.0751 e. The number of nitrogens with one attached hydrogen (secondary N) is 1. The van der Waals surface area contributed by atoms with Gasteiger partial charge in [0.2, 0.25) is 0 Å². The number of hydrogen-bond donors (Lipinski definition) is 1. The molecular formula is C7H15NO. The van der Waals surface area contributed by atoms with Gasteiger partial charge in [-0.05, 0) is 13.8 Å². The van der Waals surface area contributed by atoms with Crippen LogP contribution < -0.4 is 5.48 Å². The van der Waals surface area contributed by atoms with Crippen LogP contribution in [0.2, 0.25) is 0 Å². The minimum absolute atomic E-state index is 0.118. The zero-order valence-corrected chi connectivity index (χ0v) is 6.62. The molecule has 0 unspecified atom stereocenters. The Kier molecular flexibility index (Phi) is 1.33. The molecule has 0 amide bonds. The molecule has 1 aliphatic heterocycles. The molecule has 0 saturated carbocycles. The zero-order chi connectivity index (χ0) is 7.12. The van der Waals surface area contributed by atoms with Gasteiger partial charge in [-0.15, -0.1) is 0 Å². The molecule has 0 radical (unpaired) electrons. The third kappa shape index (κ3) is 0.970. The maximum absolute atomic E-state index is 5.12. The lowest BCUT2D eigenvalue weighted by Gasteiger charge is -2.31. The molecule has 1 fully saturated rings. The highest BCUT2D eigenvalue weighted by molar-refractivity contribution is 4.94. The fourth-order valence-corrected chi connectivity index (χ4v) is 0.715. The van der Waals surface area contributed by atoms with E-state index in [1.807, 2.05) is 0 Å². The van der Waals surface area contributed by atoms with Crippen molar-refractivity contribution < 1.29 is 4.84 Å². The molecule has 0 atom stereocenters. The second-order valence-corrected chi connectivity index (χ2v) is 3.90. The van der Waals surface area contributed by atoms with Crippen molar-refractivity contribution in [2.45, 2.75) is 33.2 Å². The summed E-state index contributed by atoms with van der Waals surface area (Å²) in [6, 6.07) is 0. The van der Waals surface area contributed by atoms with Crippen LogP contribution in [-0.2, 0) is 4.84 Å². The van der Waals surface area contributed by atoms with Gasteiger partial charge in [0, 0.05) is 11.0 Å². The fourth-order valence-electron chi connectivity index (χ4n) is 0.715. The summed E-state index contributed by atoms with van der Waals surface area (Å²) in [5.74, 6) is 0. The lowest BCUT2D eigenvalue weighted by atomic mass is 9.77. The van der Waals surface area contributed by atoms with Gasteiger partial charge in [0.15, 0.2) is 0 Å². The van der Waals surface area contributed by atoms with Crippen LogP contribution in [-0.4, -0.2) is 12.1 Å². The van der Waals surface area contributed by atoms with Crippen LogP contribution in [0.15, 0.2) is 0 Å². The molecule has 0 bridgehead atoms. The van der Waals surface area contributed by atoms with Crippen molar-refractivity contribution in [1.29, 1.82) is 0 Å². The van der Waals surface area contributed by atoms with Crippen molar-refractivity contribution in [2.24, 2.45) is 5.41 Å². The standard InChI is InChI=1S/C7H15NO/c1-6(2)5-9-8-7(6,3)4/h8H,5H2,1-4H3. The molecule has 2 heteroatoms. The van der Waals surface area contributed by atoms with Crippen molar-refractivity contribution in [3.05, 3.63) is 0 Å². The molecule has 1 N–H and O–H groups in total. The van der Waals surface area contributed by atoms with Crippen molar-refractivity contribution in [3.63, 3.8) is 0 Å². The van der Waals surface area contributed by atoms with Crippen LogP contribution in [0.5, 0.6) is 0 Å². The predicted molar refractivity (Wildman–Crippen MR) is 36.9 cm³/mol. The first-order chi connectivity index (χ1) is 3.96. The van der Waals surface area contributed by atoms with Gasteiger partial charge in [-0.3, -0.25) is 0 Å². The van der Waals surface area contributed by atoms with E-state index in [0.717, 1.165) is 6.61 Å². The van der Waals surface area contributed by atoms with Gasteiger partial charge < -0.3 is 4.84 Å². The molecule has 0 aromatic carbocycles. The number of rotatable bonds is 0. The highest BCUT2D eigenvalue weighted by atomic mass is 16.7. The van der Waals surface area contributed by atoms with Crippen LogP contribution in [0.1, 0.15) is 27.7 Å². The van der Waals surface area contributed by atoms with E-state index in [4.69, 9.17) is 4.84 Å². The molecule has 9 heavy (non-hydrogen) atoms. The Balaban J connectivity index is 2.75. The zero-order valence-electron chi connectivity index (χ0n) is 6.62. The summed E-state index contributed by atoms with van der Waals surface area (Å²) in [4.78, 5) is 5.12. The first-order valence-corrected chi connectivity index (χ1v) is 3.35. The van der Waals surface area contributed by atoms with E-state index in [9.17, 15) is 0 Å². The first-order valence-electron chi connectivity index (χ1n) is 3.35. The van der Waals surface area contributed by atoms with Gasteiger partial charge in [-0.1, -0.05) is 13.8 Å². The molecule has 0 aliphatic carbocycles. The monoisotopic (exact) mass is 129 g/mol. The summed E-state index contributed by atoms with van der Waals surface area (Å²) in [5, 5.41) is 0. The predicted octanol–water partition coefficient (Wildman–Crippen LogP) is 1.33. The summed E-state index contributed by atoms with van der Waals surface area (Å²) in [5.41, 5.74) is 3.36. The lowest BCUT2D eigenvalue weighted by Crippen LogP contribution is -2.43. The summed E-state index contributed by atoms with van der Waals surface area (Å²) in [7, 11) is 0. The lowest BCUT2D eigenvalue weighted by molar-refractivity contribution is 0.0703. The highest BCUT2D eigenvalue weighted by Crippen LogP contribution is 2.34. The number of hydroxylamine groups is 1. The second-order valence-electron chi connectivity index (χ2n) is 3.90. The summed E-state index contributed by atoms with van der Waals surface area (Å²) in [6.45, 7) is 9.51. The SMILES string of the molecule is CC1(C)CONC1(C)C. The molecule has 1 heterocycles. The third-order valence-corrected chi connectivity index (χ3v) is 2.45. The maximum Gasteiger partial charge on any atom is 0.0751 e. The average molecular weight is 129 g/mol. The Morgan fingerprint density at radius 2 is 1.78 bits per heavy atom. The molecular weight excluding hydrogens is 114 g/mol. The molecule has 2 nitrogen and oxygen atoms in total. The van der Waals surface area contributed by atoms with Crippen molar-refractivity contribution in [3.8, 4) is 0 Å². The van der Waals surface area contributed by atoms with E-state index in [-0.39, 0.29) is 11.0 Å². The van der Waals surface area contributed by atoms with Gasteiger partial charge in [0.1, 0.15) is 0 Å². The largest absolute Gasteiger partial charge is 0.301 e. The first kappa shape index (κ1) is 7.03. The van der Waals surface area contributed by atoms with Gasteiger partial charge >= 0.3 is 0 Å². The van der Waals surface area contributed by atoms with E-state index in [1.165, 1.54) is 0 Å². The van der Waals surface area contributed by atoms with Gasteiger partial charge in [0.05, 0.1) is 6.61 Å². The molecule has 54 valence electrons. The van der Waals surface area contributed by atoms with Crippen LogP contribution in [0.25, 0.3) is 0 Å². The van der Waals surface area contributed by atoms with Gasteiger partial charge in [-0.2, -0.15) is 5.48 Å². The molecule has 1 rings (SSSR count). The van der Waals surface area contributed by atoms with Crippen LogP contribution in [0.3, 0.4) is 0 Å². The third-order valence-electron chi connectivity index (χ3n) is 2.45. The molecule has 1 saturated heterocycles. The normalized spacial score (nSPS) is 30.7. The van der Waals surface area contributed by atoms with Crippen LogP contribution in [0.4, 0.5) is 0 Å². The Morgan fingerprint density at radius 1 is 1.22 bits per heavy atom. The van der Waals surface area contributed by atoms with E-state index >= 15 is 0 Å².